The Kier molecular flexibility index (Phi) is 4.26. The molecule has 0 saturated carbocycles. The van der Waals surface area contributed by atoms with Crippen LogP contribution < -0.4 is 11.5 Å². The molecule has 1 unspecified atom stereocenters. The van der Waals surface area contributed by atoms with Gasteiger partial charge in [0.25, 0.3) is 0 Å². The van der Waals surface area contributed by atoms with Crippen molar-refractivity contribution < 1.29 is 27.2 Å². The molecule has 4 N–H and O–H groups in total. The van der Waals surface area contributed by atoms with Gasteiger partial charge in [0.05, 0.1) is 11.0 Å². The van der Waals surface area contributed by atoms with E-state index in [9.17, 15) is 27.2 Å². The summed E-state index contributed by atoms with van der Waals surface area (Å²) in [6, 6.07) is 1.71. The summed E-state index contributed by atoms with van der Waals surface area (Å²) in [5.41, 5.74) is 7.44. The van der Waals surface area contributed by atoms with E-state index in [1.165, 1.54) is 12.2 Å². The van der Waals surface area contributed by atoms with Crippen molar-refractivity contribution in [2.45, 2.75) is 24.9 Å². The van der Waals surface area contributed by atoms with Crippen LogP contribution in [0.3, 0.4) is 0 Å². The van der Waals surface area contributed by atoms with Crippen LogP contribution in [0.25, 0.3) is 0 Å². The summed E-state index contributed by atoms with van der Waals surface area (Å²) in [5.74, 6) is -2.96. The van der Waals surface area contributed by atoms with Crippen LogP contribution in [0.15, 0.2) is 41.5 Å². The summed E-state index contributed by atoms with van der Waals surface area (Å²) in [5, 5.41) is 0. The number of rotatable bonds is 3. The van der Waals surface area contributed by atoms with Crippen molar-refractivity contribution in [2.75, 3.05) is 0 Å². The molecule has 1 aliphatic carbocycles. The van der Waals surface area contributed by atoms with Crippen LogP contribution in [0.2, 0.25) is 0 Å². The van der Waals surface area contributed by atoms with Crippen molar-refractivity contribution in [1.82, 2.24) is 0 Å². The maximum Gasteiger partial charge on any atom is 0.416 e. The van der Waals surface area contributed by atoms with Gasteiger partial charge in [-0.15, -0.1) is 0 Å². The molecule has 1 aromatic rings. The van der Waals surface area contributed by atoms with Gasteiger partial charge in [-0.2, -0.15) is 13.2 Å². The van der Waals surface area contributed by atoms with E-state index >= 15 is 0 Å². The number of nitrogens with two attached hydrogens (primary N) is 2. The molecule has 0 radical (unpaired) electrons. The Hall–Kier alpha value is -2.64. The number of hydrogen-bond donors (Lipinski definition) is 2. The molecule has 0 aliphatic heterocycles. The predicted octanol–water partition coefficient (Wildman–Crippen LogP) is 2.33. The molecule has 0 saturated heterocycles. The lowest BCUT2D eigenvalue weighted by molar-refractivity contribution is -0.138. The summed E-state index contributed by atoms with van der Waals surface area (Å²) in [6.45, 7) is 1.55. The number of carbonyl (C=O) groups excluding carboxylic acids is 2. The maximum atomic E-state index is 14.2. The van der Waals surface area contributed by atoms with E-state index < -0.39 is 46.8 Å². The molecule has 0 aromatic heterocycles. The summed E-state index contributed by atoms with van der Waals surface area (Å²) < 4.78 is 53.0. The zero-order chi connectivity index (χ0) is 18.3. The standard InChI is InChI=1S/C16H14F4N2O2/c1-8-4-5-15(14(22)24,7-10(8)13(21)23)11-6-9(16(18,19)20)2-3-12(11)17/h2-6H,7H2,1H3,(H2,21,23)(H2,22,24). The molecule has 0 bridgehead atoms. The molecule has 0 spiro atoms. The second-order valence-corrected chi connectivity index (χ2v) is 5.56. The van der Waals surface area contributed by atoms with Gasteiger partial charge in [-0.05, 0) is 30.7 Å². The molecular formula is C16H14F4N2O2. The number of amides is 2. The Balaban J connectivity index is 2.69. The predicted molar refractivity (Wildman–Crippen MR) is 77.9 cm³/mol. The minimum atomic E-state index is -4.72. The molecule has 1 atom stereocenters. The van der Waals surface area contributed by atoms with Gasteiger partial charge in [0, 0.05) is 17.6 Å². The first-order chi connectivity index (χ1) is 11.0. The topological polar surface area (TPSA) is 86.2 Å². The van der Waals surface area contributed by atoms with Crippen LogP contribution >= 0.6 is 0 Å². The SMILES string of the molecule is CC1=C(C(N)=O)CC(C(N)=O)(c2cc(C(F)(F)F)ccc2F)C=C1. The number of allylic oxidation sites excluding steroid dienone is 2. The molecule has 2 rings (SSSR count). The first-order valence-corrected chi connectivity index (χ1v) is 6.85. The second-order valence-electron chi connectivity index (χ2n) is 5.56. The van der Waals surface area contributed by atoms with Crippen LogP contribution in [0.4, 0.5) is 17.6 Å². The zero-order valence-electron chi connectivity index (χ0n) is 12.6. The highest BCUT2D eigenvalue weighted by Gasteiger charge is 2.43. The van der Waals surface area contributed by atoms with Crippen LogP contribution in [-0.4, -0.2) is 11.8 Å². The highest BCUT2D eigenvalue weighted by molar-refractivity contribution is 5.98. The Bertz CT molecular complexity index is 781. The minimum Gasteiger partial charge on any atom is -0.369 e. The average Bonchev–Trinajstić information content (AvgIpc) is 2.47. The first kappa shape index (κ1) is 17.7. The number of benzene rings is 1. The third-order valence-electron chi connectivity index (χ3n) is 4.06. The molecule has 0 fully saturated rings. The van der Waals surface area contributed by atoms with E-state index in [4.69, 9.17) is 11.5 Å². The van der Waals surface area contributed by atoms with Gasteiger partial charge < -0.3 is 11.5 Å². The lowest BCUT2D eigenvalue weighted by atomic mass is 9.70. The van der Waals surface area contributed by atoms with Gasteiger partial charge in [0.1, 0.15) is 5.82 Å². The van der Waals surface area contributed by atoms with E-state index in [1.54, 1.807) is 6.92 Å². The Morgan fingerprint density at radius 2 is 1.83 bits per heavy atom. The summed E-state index contributed by atoms with van der Waals surface area (Å²) in [6.07, 6.45) is -2.60. The molecule has 2 amide bonds. The fraction of sp³-hybridized carbons (Fsp3) is 0.250. The average molecular weight is 342 g/mol. The molecule has 4 nitrogen and oxygen atoms in total. The minimum absolute atomic E-state index is 0.00751. The van der Waals surface area contributed by atoms with Gasteiger partial charge in [-0.25, -0.2) is 4.39 Å². The number of carbonyl (C=O) groups is 2. The fourth-order valence-electron chi connectivity index (χ4n) is 2.66. The maximum absolute atomic E-state index is 14.2. The van der Waals surface area contributed by atoms with E-state index in [0.29, 0.717) is 23.8 Å². The number of primary amides is 2. The Morgan fingerprint density at radius 1 is 1.21 bits per heavy atom. The molecule has 8 heteroatoms. The van der Waals surface area contributed by atoms with Crippen molar-refractivity contribution in [3.05, 3.63) is 58.4 Å². The third kappa shape index (κ3) is 2.91. The molecule has 128 valence electrons. The Labute approximate surface area is 134 Å². The smallest absolute Gasteiger partial charge is 0.369 e. The van der Waals surface area contributed by atoms with Gasteiger partial charge in [0.2, 0.25) is 11.8 Å². The number of hydrogen-bond acceptors (Lipinski definition) is 2. The molecular weight excluding hydrogens is 328 g/mol. The van der Waals surface area contributed by atoms with Crippen LogP contribution in [0.5, 0.6) is 0 Å². The quantitative estimate of drug-likeness (QED) is 0.826. The summed E-state index contributed by atoms with van der Waals surface area (Å²) in [4.78, 5) is 23.5. The lowest BCUT2D eigenvalue weighted by Crippen LogP contribution is -2.43. The fourth-order valence-corrected chi connectivity index (χ4v) is 2.66. The first-order valence-electron chi connectivity index (χ1n) is 6.85. The van der Waals surface area contributed by atoms with Gasteiger partial charge in [0.15, 0.2) is 0 Å². The number of alkyl halides is 3. The lowest BCUT2D eigenvalue weighted by Gasteiger charge is -2.32. The molecule has 0 heterocycles. The van der Waals surface area contributed by atoms with Crippen molar-refractivity contribution in [3.63, 3.8) is 0 Å². The van der Waals surface area contributed by atoms with Gasteiger partial charge in [-0.3, -0.25) is 9.59 Å². The normalized spacial score (nSPS) is 21.0. The summed E-state index contributed by atoms with van der Waals surface area (Å²) >= 11 is 0. The van der Waals surface area contributed by atoms with Crippen molar-refractivity contribution in [2.24, 2.45) is 11.5 Å². The number of halogens is 4. The van der Waals surface area contributed by atoms with Crippen LogP contribution in [-0.2, 0) is 21.2 Å². The van der Waals surface area contributed by atoms with Gasteiger partial charge >= 0.3 is 6.18 Å². The van der Waals surface area contributed by atoms with E-state index in [0.717, 1.165) is 0 Å². The highest BCUT2D eigenvalue weighted by atomic mass is 19.4. The Morgan fingerprint density at radius 3 is 2.33 bits per heavy atom. The van der Waals surface area contributed by atoms with Crippen molar-refractivity contribution >= 4 is 11.8 Å². The third-order valence-corrected chi connectivity index (χ3v) is 4.06. The molecule has 1 aromatic carbocycles. The second kappa shape index (κ2) is 5.77. The zero-order valence-corrected chi connectivity index (χ0v) is 12.6. The van der Waals surface area contributed by atoms with Gasteiger partial charge in [-0.1, -0.05) is 12.2 Å². The van der Waals surface area contributed by atoms with E-state index in [-0.39, 0.29) is 5.57 Å². The monoisotopic (exact) mass is 342 g/mol. The van der Waals surface area contributed by atoms with Crippen molar-refractivity contribution in [1.29, 1.82) is 0 Å². The van der Waals surface area contributed by atoms with Crippen LogP contribution in [0.1, 0.15) is 24.5 Å². The van der Waals surface area contributed by atoms with Crippen molar-refractivity contribution in [3.8, 4) is 0 Å². The van der Waals surface area contributed by atoms with E-state index in [2.05, 4.69) is 0 Å². The highest BCUT2D eigenvalue weighted by Crippen LogP contribution is 2.41. The van der Waals surface area contributed by atoms with E-state index in [1.807, 2.05) is 0 Å². The molecule has 24 heavy (non-hydrogen) atoms. The van der Waals surface area contributed by atoms with Crippen LogP contribution in [0, 0.1) is 5.82 Å². The summed E-state index contributed by atoms with van der Waals surface area (Å²) in [7, 11) is 0. The largest absolute Gasteiger partial charge is 0.416 e. The molecule has 1 aliphatic rings.